The van der Waals surface area contributed by atoms with Gasteiger partial charge in [0.05, 0.1) is 0 Å². The highest BCUT2D eigenvalue weighted by Crippen LogP contribution is 2.33. The number of aliphatic hydroxyl groups excluding tert-OH is 1. The molecule has 1 unspecified atom stereocenters. The maximum atomic E-state index is 9.07. The van der Waals surface area contributed by atoms with Crippen LogP contribution >= 0.6 is 0 Å². The van der Waals surface area contributed by atoms with Crippen molar-refractivity contribution >= 4 is 0 Å². The lowest BCUT2D eigenvalue weighted by atomic mass is 9.75. The molecule has 0 aromatic rings. The van der Waals surface area contributed by atoms with E-state index in [1.807, 2.05) is 0 Å². The molecular formula is C13H27NO. The Hall–Kier alpha value is -0.0800. The highest BCUT2D eigenvalue weighted by atomic mass is 16.3. The van der Waals surface area contributed by atoms with Crippen LogP contribution in [0.5, 0.6) is 0 Å². The normalized spacial score (nSPS) is 21.6. The standard InChI is InChI=1S/C13H27NO/c1-13(2,14)12(8-9-15)10-11-6-4-3-5-7-11/h11-12,15H,3-10,14H2,1-2H3. The van der Waals surface area contributed by atoms with Crippen LogP contribution in [0.25, 0.3) is 0 Å². The van der Waals surface area contributed by atoms with E-state index in [9.17, 15) is 0 Å². The summed E-state index contributed by atoms with van der Waals surface area (Å²) in [7, 11) is 0. The monoisotopic (exact) mass is 213 g/mol. The van der Waals surface area contributed by atoms with Crippen LogP contribution in [0, 0.1) is 11.8 Å². The molecule has 1 rings (SSSR count). The van der Waals surface area contributed by atoms with Crippen molar-refractivity contribution in [2.24, 2.45) is 17.6 Å². The van der Waals surface area contributed by atoms with Crippen molar-refractivity contribution in [3.8, 4) is 0 Å². The molecule has 90 valence electrons. The highest BCUT2D eigenvalue weighted by Gasteiger charge is 2.28. The van der Waals surface area contributed by atoms with Crippen LogP contribution in [0.15, 0.2) is 0 Å². The number of hydrogen-bond acceptors (Lipinski definition) is 2. The fraction of sp³-hybridized carbons (Fsp3) is 1.00. The molecule has 1 fully saturated rings. The van der Waals surface area contributed by atoms with E-state index in [-0.39, 0.29) is 12.1 Å². The van der Waals surface area contributed by atoms with Gasteiger partial charge in [-0.25, -0.2) is 0 Å². The molecule has 0 amide bonds. The van der Waals surface area contributed by atoms with Gasteiger partial charge in [-0.3, -0.25) is 0 Å². The Morgan fingerprint density at radius 1 is 1.27 bits per heavy atom. The first kappa shape index (κ1) is 13.0. The maximum absolute atomic E-state index is 9.07. The molecule has 0 heterocycles. The summed E-state index contributed by atoms with van der Waals surface area (Å²) in [6.07, 6.45) is 9.01. The molecule has 0 saturated heterocycles. The minimum atomic E-state index is -0.139. The predicted octanol–water partition coefficient (Wildman–Crippen LogP) is 2.69. The molecule has 2 heteroatoms. The van der Waals surface area contributed by atoms with Gasteiger partial charge in [0.15, 0.2) is 0 Å². The number of rotatable bonds is 5. The van der Waals surface area contributed by atoms with Crippen molar-refractivity contribution in [3.05, 3.63) is 0 Å². The lowest BCUT2D eigenvalue weighted by Crippen LogP contribution is -2.42. The number of nitrogens with two attached hydrogens (primary N) is 1. The second kappa shape index (κ2) is 5.86. The largest absolute Gasteiger partial charge is 0.396 e. The summed E-state index contributed by atoms with van der Waals surface area (Å²) in [5, 5.41) is 9.07. The molecule has 15 heavy (non-hydrogen) atoms. The fourth-order valence-electron chi connectivity index (χ4n) is 2.77. The van der Waals surface area contributed by atoms with Crippen LogP contribution in [0.1, 0.15) is 58.8 Å². The van der Waals surface area contributed by atoms with E-state index < -0.39 is 0 Å². The third-order valence-electron chi connectivity index (χ3n) is 3.87. The third-order valence-corrected chi connectivity index (χ3v) is 3.87. The molecule has 0 aromatic heterocycles. The third kappa shape index (κ3) is 4.52. The van der Waals surface area contributed by atoms with Gasteiger partial charge in [-0.05, 0) is 38.5 Å². The zero-order chi connectivity index (χ0) is 11.3. The lowest BCUT2D eigenvalue weighted by Gasteiger charge is -2.34. The average molecular weight is 213 g/mol. The van der Waals surface area contributed by atoms with Gasteiger partial charge in [-0.1, -0.05) is 32.1 Å². The SMILES string of the molecule is CC(C)(N)C(CCO)CC1CCCCC1. The van der Waals surface area contributed by atoms with Crippen LogP contribution in [0.2, 0.25) is 0 Å². The van der Waals surface area contributed by atoms with E-state index in [1.54, 1.807) is 0 Å². The molecule has 1 atom stereocenters. The van der Waals surface area contributed by atoms with E-state index in [0.29, 0.717) is 5.92 Å². The first-order valence-electron chi connectivity index (χ1n) is 6.43. The van der Waals surface area contributed by atoms with Crippen LogP contribution in [-0.4, -0.2) is 17.3 Å². The summed E-state index contributed by atoms with van der Waals surface area (Å²) in [4.78, 5) is 0. The summed E-state index contributed by atoms with van der Waals surface area (Å²) in [6, 6.07) is 0. The summed E-state index contributed by atoms with van der Waals surface area (Å²) >= 11 is 0. The summed E-state index contributed by atoms with van der Waals surface area (Å²) in [5.74, 6) is 1.34. The van der Waals surface area contributed by atoms with Crippen LogP contribution in [0.4, 0.5) is 0 Å². The first-order valence-corrected chi connectivity index (χ1v) is 6.43. The van der Waals surface area contributed by atoms with Crippen molar-refractivity contribution in [1.29, 1.82) is 0 Å². The molecule has 0 radical (unpaired) electrons. The Bertz CT molecular complexity index is 168. The fourth-order valence-corrected chi connectivity index (χ4v) is 2.77. The molecule has 1 aliphatic rings. The van der Waals surface area contributed by atoms with Gasteiger partial charge in [0.1, 0.15) is 0 Å². The van der Waals surface area contributed by atoms with E-state index in [2.05, 4.69) is 13.8 Å². The van der Waals surface area contributed by atoms with Crippen molar-refractivity contribution in [2.75, 3.05) is 6.61 Å². The van der Waals surface area contributed by atoms with Gasteiger partial charge in [0.2, 0.25) is 0 Å². The molecule has 1 aliphatic carbocycles. The molecule has 2 nitrogen and oxygen atoms in total. The molecule has 0 aromatic carbocycles. The lowest BCUT2D eigenvalue weighted by molar-refractivity contribution is 0.171. The minimum Gasteiger partial charge on any atom is -0.396 e. The zero-order valence-electron chi connectivity index (χ0n) is 10.3. The Balaban J connectivity index is 2.42. The van der Waals surface area contributed by atoms with Crippen molar-refractivity contribution < 1.29 is 5.11 Å². The Morgan fingerprint density at radius 2 is 1.87 bits per heavy atom. The summed E-state index contributed by atoms with van der Waals surface area (Å²) in [6.45, 7) is 4.46. The predicted molar refractivity (Wildman–Crippen MR) is 64.7 cm³/mol. The number of aliphatic hydroxyl groups is 1. The van der Waals surface area contributed by atoms with E-state index in [4.69, 9.17) is 10.8 Å². The van der Waals surface area contributed by atoms with Gasteiger partial charge in [0, 0.05) is 12.1 Å². The molecule has 1 saturated carbocycles. The van der Waals surface area contributed by atoms with Crippen LogP contribution in [0.3, 0.4) is 0 Å². The molecular weight excluding hydrogens is 186 g/mol. The Morgan fingerprint density at radius 3 is 2.33 bits per heavy atom. The van der Waals surface area contributed by atoms with Gasteiger partial charge in [-0.15, -0.1) is 0 Å². The quantitative estimate of drug-likeness (QED) is 0.737. The second-order valence-corrected chi connectivity index (χ2v) is 5.77. The Kier molecular flexibility index (Phi) is 5.07. The van der Waals surface area contributed by atoms with Gasteiger partial charge in [-0.2, -0.15) is 0 Å². The summed E-state index contributed by atoms with van der Waals surface area (Å²) in [5.41, 5.74) is 6.03. The minimum absolute atomic E-state index is 0.139. The topological polar surface area (TPSA) is 46.2 Å². The average Bonchev–Trinajstić information content (AvgIpc) is 2.17. The molecule has 3 N–H and O–H groups in total. The molecule has 0 spiro atoms. The van der Waals surface area contributed by atoms with Crippen LogP contribution < -0.4 is 5.73 Å². The maximum Gasteiger partial charge on any atom is 0.0434 e. The van der Waals surface area contributed by atoms with E-state index >= 15 is 0 Å². The van der Waals surface area contributed by atoms with E-state index in [1.165, 1.54) is 38.5 Å². The van der Waals surface area contributed by atoms with Crippen LogP contribution in [-0.2, 0) is 0 Å². The number of hydrogen-bond donors (Lipinski definition) is 2. The second-order valence-electron chi connectivity index (χ2n) is 5.77. The highest BCUT2D eigenvalue weighted by molar-refractivity contribution is 4.84. The van der Waals surface area contributed by atoms with Crippen molar-refractivity contribution in [2.45, 2.75) is 64.3 Å². The Labute approximate surface area is 94.2 Å². The summed E-state index contributed by atoms with van der Waals surface area (Å²) < 4.78 is 0. The zero-order valence-corrected chi connectivity index (χ0v) is 10.3. The van der Waals surface area contributed by atoms with Crippen molar-refractivity contribution in [1.82, 2.24) is 0 Å². The first-order chi connectivity index (χ1) is 7.04. The molecule has 0 aliphatic heterocycles. The van der Waals surface area contributed by atoms with Gasteiger partial charge in [0.25, 0.3) is 0 Å². The van der Waals surface area contributed by atoms with Gasteiger partial charge >= 0.3 is 0 Å². The smallest absolute Gasteiger partial charge is 0.0434 e. The molecule has 0 bridgehead atoms. The van der Waals surface area contributed by atoms with Crippen molar-refractivity contribution in [3.63, 3.8) is 0 Å². The van der Waals surface area contributed by atoms with E-state index in [0.717, 1.165) is 12.3 Å². The van der Waals surface area contributed by atoms with Gasteiger partial charge < -0.3 is 10.8 Å².